The monoisotopic (exact) mass is 751 g/mol. The molecule has 0 saturated carbocycles. The van der Waals surface area contributed by atoms with Crippen molar-refractivity contribution in [2.24, 2.45) is 11.1 Å². The van der Waals surface area contributed by atoms with Gasteiger partial charge in [-0.05, 0) is 23.5 Å². The normalized spacial score (nSPS) is 16.6. The van der Waals surface area contributed by atoms with Crippen LogP contribution < -0.4 is 16.4 Å². The number of β-amino-alcohol motifs (C(OH)–C–C–N with tert-alkyl or cyclic N) is 1. The maximum absolute atomic E-state index is 13.8. The Bertz CT molecular complexity index is 1340. The lowest BCUT2D eigenvalue weighted by molar-refractivity contribution is -0.144. The molecule has 292 valence electrons. The quantitative estimate of drug-likeness (QED) is 0.107. The van der Waals surface area contributed by atoms with Gasteiger partial charge in [-0.2, -0.15) is 0 Å². The topological polar surface area (TPSA) is 193 Å². The van der Waals surface area contributed by atoms with Crippen LogP contribution in [0.5, 0.6) is 0 Å². The molecule has 52 heavy (non-hydrogen) atoms. The summed E-state index contributed by atoms with van der Waals surface area (Å²) in [6.07, 6.45) is -0.751. The minimum atomic E-state index is -0.946. The Kier molecular flexibility index (Phi) is 19.6. The molecule has 16 heteroatoms. The van der Waals surface area contributed by atoms with Gasteiger partial charge in [-0.15, -0.1) is 11.3 Å². The van der Waals surface area contributed by atoms with Gasteiger partial charge >= 0.3 is 0 Å². The molecule has 0 radical (unpaired) electrons. The number of benzene rings is 1. The molecule has 15 nitrogen and oxygen atoms in total. The zero-order valence-electron chi connectivity index (χ0n) is 30.9. The van der Waals surface area contributed by atoms with Crippen molar-refractivity contribution in [3.8, 4) is 10.4 Å². The molecule has 1 fully saturated rings. The average Bonchev–Trinajstić information content (AvgIpc) is 3.73. The van der Waals surface area contributed by atoms with Crippen molar-refractivity contribution in [3.05, 3.63) is 41.0 Å². The number of aryl methyl sites for hydroxylation is 1. The third-order valence-electron chi connectivity index (χ3n) is 8.07. The van der Waals surface area contributed by atoms with Crippen LogP contribution in [0.4, 0.5) is 0 Å². The first-order chi connectivity index (χ1) is 25.0. The molecule has 1 aliphatic heterocycles. The van der Waals surface area contributed by atoms with Crippen LogP contribution in [0.15, 0.2) is 29.8 Å². The van der Waals surface area contributed by atoms with Crippen LogP contribution in [0.2, 0.25) is 0 Å². The maximum Gasteiger partial charge on any atom is 0.246 e. The van der Waals surface area contributed by atoms with Crippen molar-refractivity contribution in [2.45, 2.75) is 58.8 Å². The fraction of sp³-hybridized carbons (Fsp3) is 0.667. The molecule has 3 amide bonds. The van der Waals surface area contributed by atoms with Crippen molar-refractivity contribution in [2.75, 3.05) is 92.4 Å². The smallest absolute Gasteiger partial charge is 0.246 e. The second kappa shape index (κ2) is 23.6. The Morgan fingerprint density at radius 2 is 1.44 bits per heavy atom. The lowest BCUT2D eigenvalue weighted by Gasteiger charge is -2.35. The predicted octanol–water partition coefficient (Wildman–Crippen LogP) is 1.29. The highest BCUT2D eigenvalue weighted by Crippen LogP contribution is 2.28. The molecule has 1 aliphatic rings. The van der Waals surface area contributed by atoms with Crippen molar-refractivity contribution in [1.82, 2.24) is 20.5 Å². The number of amides is 3. The second-order valence-corrected chi connectivity index (χ2v) is 14.2. The molecule has 1 saturated heterocycles. The van der Waals surface area contributed by atoms with Crippen molar-refractivity contribution >= 4 is 29.1 Å². The van der Waals surface area contributed by atoms with E-state index in [-0.39, 0.29) is 45.2 Å². The Morgan fingerprint density at radius 3 is 1.94 bits per heavy atom. The van der Waals surface area contributed by atoms with Gasteiger partial charge in [-0.1, -0.05) is 45.0 Å². The Labute approximate surface area is 310 Å². The molecule has 1 aromatic heterocycles. The first kappa shape index (κ1) is 43.3. The number of nitrogens with two attached hydrogens (primary N) is 1. The van der Waals surface area contributed by atoms with Gasteiger partial charge in [-0.3, -0.25) is 14.4 Å². The van der Waals surface area contributed by atoms with Crippen molar-refractivity contribution in [1.29, 1.82) is 0 Å². The zero-order valence-corrected chi connectivity index (χ0v) is 31.8. The summed E-state index contributed by atoms with van der Waals surface area (Å²) >= 11 is 1.57. The molecule has 3 atom stereocenters. The number of nitrogens with one attached hydrogen (secondary N) is 2. The van der Waals surface area contributed by atoms with E-state index >= 15 is 0 Å². The number of likely N-dealkylation sites (tertiary alicyclic amines) is 1. The van der Waals surface area contributed by atoms with E-state index in [1.807, 2.05) is 57.5 Å². The summed E-state index contributed by atoms with van der Waals surface area (Å²) in [5.41, 5.74) is 9.39. The molecule has 0 spiro atoms. The summed E-state index contributed by atoms with van der Waals surface area (Å²) in [4.78, 5) is 46.7. The summed E-state index contributed by atoms with van der Waals surface area (Å²) in [6, 6.07) is 6.05. The minimum absolute atomic E-state index is 0.00569. The van der Waals surface area contributed by atoms with E-state index in [0.717, 1.165) is 21.7 Å². The number of hydrogen-bond donors (Lipinski definition) is 4. The number of nitrogens with zero attached hydrogens (tertiary/aromatic N) is 2. The largest absolute Gasteiger partial charge is 0.391 e. The number of carbonyl (C=O) groups excluding carboxylic acids is 3. The molecule has 5 N–H and O–H groups in total. The number of aliphatic hydroxyl groups excluding tert-OH is 1. The molecule has 0 aliphatic carbocycles. The molecule has 1 aromatic carbocycles. The van der Waals surface area contributed by atoms with Crippen molar-refractivity contribution in [3.63, 3.8) is 0 Å². The summed E-state index contributed by atoms with van der Waals surface area (Å²) in [7, 11) is 0. The highest BCUT2D eigenvalue weighted by Gasteiger charge is 2.44. The molecule has 3 unspecified atom stereocenters. The van der Waals surface area contributed by atoms with Gasteiger partial charge in [0.1, 0.15) is 18.7 Å². The van der Waals surface area contributed by atoms with E-state index in [2.05, 4.69) is 15.6 Å². The predicted molar refractivity (Wildman–Crippen MR) is 196 cm³/mol. The number of hydrogen-bond acceptors (Lipinski definition) is 13. The summed E-state index contributed by atoms with van der Waals surface area (Å²) in [6.45, 7) is 12.5. The van der Waals surface area contributed by atoms with Crippen LogP contribution >= 0.6 is 11.3 Å². The Balaban J connectivity index is 1.32. The fourth-order valence-electron chi connectivity index (χ4n) is 5.33. The molecule has 0 bridgehead atoms. The van der Waals surface area contributed by atoms with Crippen molar-refractivity contribution < 1.29 is 47.9 Å². The molecule has 2 heterocycles. The van der Waals surface area contributed by atoms with E-state index in [9.17, 15) is 19.5 Å². The number of ether oxygens (including phenoxy) is 6. The first-order valence-electron chi connectivity index (χ1n) is 17.7. The standard InChI is InChI=1S/C36H57N5O10S/c1-26-32(52-25-39-26)28-7-5-27(6-8-28)22-38-34(44)30-21-29(42)23-41(30)35(45)33(36(2,3)4)40-31(43)24-51-20-19-50-18-17-49-16-15-48-14-13-47-12-11-46-10-9-37/h5-8,25,29-30,33,42H,9-24,37H2,1-4H3,(H,38,44)(H,40,43). The Morgan fingerprint density at radius 1 is 0.904 bits per heavy atom. The average molecular weight is 752 g/mol. The highest BCUT2D eigenvalue weighted by molar-refractivity contribution is 7.13. The zero-order chi connectivity index (χ0) is 37.8. The lowest BCUT2D eigenvalue weighted by Crippen LogP contribution is -2.58. The van der Waals surface area contributed by atoms with Crippen LogP contribution in [0, 0.1) is 12.3 Å². The number of rotatable bonds is 25. The van der Waals surface area contributed by atoms with E-state index in [1.165, 1.54) is 4.90 Å². The number of aliphatic hydroxyl groups is 1. The van der Waals surface area contributed by atoms with Gasteiger partial charge in [0.15, 0.2) is 0 Å². The molecular formula is C36H57N5O10S. The summed E-state index contributed by atoms with van der Waals surface area (Å²) in [5, 5.41) is 16.2. The number of thiazole rings is 1. The van der Waals surface area contributed by atoms with Gasteiger partial charge in [0, 0.05) is 26.1 Å². The fourth-order valence-corrected chi connectivity index (χ4v) is 6.14. The van der Waals surface area contributed by atoms with E-state index in [0.29, 0.717) is 66.0 Å². The molecular weight excluding hydrogens is 694 g/mol. The Hall–Kier alpha value is -3.06. The molecule has 3 rings (SSSR count). The minimum Gasteiger partial charge on any atom is -0.391 e. The SMILES string of the molecule is Cc1ncsc1-c1ccc(CNC(=O)C2CC(O)CN2C(=O)C(NC(=O)COCCOCCOCCOCCOCCOCCN)C(C)(C)C)cc1. The second-order valence-electron chi connectivity index (χ2n) is 13.3. The van der Waals surface area contributed by atoms with Crippen LogP contribution in [0.1, 0.15) is 38.4 Å². The maximum atomic E-state index is 13.8. The van der Waals surface area contributed by atoms with Gasteiger partial charge in [-0.25, -0.2) is 4.98 Å². The van der Waals surface area contributed by atoms with Gasteiger partial charge in [0.25, 0.3) is 0 Å². The van der Waals surface area contributed by atoms with Gasteiger partial charge in [0.05, 0.1) is 94.9 Å². The van der Waals surface area contributed by atoms with Gasteiger partial charge in [0.2, 0.25) is 17.7 Å². The highest BCUT2D eigenvalue weighted by atomic mass is 32.1. The van der Waals surface area contributed by atoms with Crippen LogP contribution in [0.25, 0.3) is 10.4 Å². The summed E-state index contributed by atoms with van der Waals surface area (Å²) < 4.78 is 32.4. The van der Waals surface area contributed by atoms with Crippen LogP contribution in [-0.4, -0.2) is 143 Å². The van der Waals surface area contributed by atoms with Crippen LogP contribution in [-0.2, 0) is 49.3 Å². The third-order valence-corrected chi connectivity index (χ3v) is 9.04. The van der Waals surface area contributed by atoms with E-state index in [4.69, 9.17) is 34.2 Å². The van der Waals surface area contributed by atoms with E-state index in [1.54, 1.807) is 11.3 Å². The van der Waals surface area contributed by atoms with E-state index < -0.39 is 35.4 Å². The van der Waals surface area contributed by atoms with Crippen LogP contribution in [0.3, 0.4) is 0 Å². The number of carbonyl (C=O) groups is 3. The summed E-state index contributed by atoms with van der Waals surface area (Å²) in [5.74, 6) is -1.27. The third kappa shape index (κ3) is 15.5. The molecule has 2 aromatic rings. The lowest BCUT2D eigenvalue weighted by atomic mass is 9.85. The van der Waals surface area contributed by atoms with Gasteiger partial charge < -0.3 is 54.8 Å². The first-order valence-corrected chi connectivity index (χ1v) is 18.6. The number of aromatic nitrogens is 1.